The summed E-state index contributed by atoms with van der Waals surface area (Å²) in [7, 11) is 0. The summed E-state index contributed by atoms with van der Waals surface area (Å²) in [4.78, 5) is 20.0. The maximum Gasteiger partial charge on any atom is 0.171 e. The molecule has 0 atom stereocenters. The van der Waals surface area contributed by atoms with Crippen LogP contribution in [0.2, 0.25) is 5.02 Å². The lowest BCUT2D eigenvalue weighted by Gasteiger charge is -2.00. The molecular formula is C11H9ClN2OS. The molecule has 2 aromatic rings. The number of hydrogen-bond acceptors (Lipinski definition) is 4. The molecule has 5 heteroatoms. The Bertz CT molecular complexity index is 524. The number of nitrogens with zero attached hydrogens (tertiary/aromatic N) is 2. The van der Waals surface area contributed by atoms with E-state index in [4.69, 9.17) is 11.6 Å². The van der Waals surface area contributed by atoms with Gasteiger partial charge in [0.05, 0.1) is 11.4 Å². The zero-order chi connectivity index (χ0) is 11.5. The van der Waals surface area contributed by atoms with Crippen LogP contribution in [0.25, 0.3) is 0 Å². The highest BCUT2D eigenvalue weighted by Gasteiger charge is 2.12. The average Bonchev–Trinajstić information content (AvgIpc) is 2.64. The van der Waals surface area contributed by atoms with E-state index >= 15 is 0 Å². The van der Waals surface area contributed by atoms with Crippen molar-refractivity contribution in [3.63, 3.8) is 0 Å². The highest BCUT2D eigenvalue weighted by Crippen LogP contribution is 2.17. The van der Waals surface area contributed by atoms with Crippen LogP contribution in [0.5, 0.6) is 0 Å². The maximum atomic E-state index is 11.9. The average molecular weight is 253 g/mol. The van der Waals surface area contributed by atoms with Crippen molar-refractivity contribution in [3.05, 3.63) is 45.1 Å². The molecule has 0 fully saturated rings. The van der Waals surface area contributed by atoms with Crippen molar-refractivity contribution in [1.29, 1.82) is 0 Å². The van der Waals surface area contributed by atoms with E-state index in [-0.39, 0.29) is 5.78 Å². The number of aromatic nitrogens is 2. The molecule has 0 aliphatic heterocycles. The number of ketones is 1. The maximum absolute atomic E-state index is 11.9. The summed E-state index contributed by atoms with van der Waals surface area (Å²) < 4.78 is 0. The molecule has 0 saturated heterocycles. The molecule has 2 aromatic heterocycles. The molecule has 0 bridgehead atoms. The van der Waals surface area contributed by atoms with Crippen LogP contribution in [0.1, 0.15) is 21.1 Å². The van der Waals surface area contributed by atoms with Crippen LogP contribution >= 0.6 is 22.9 Å². The fraction of sp³-hybridized carbons (Fsp3) is 0.182. The molecule has 2 rings (SSSR count). The second-order valence-corrected chi connectivity index (χ2v) is 4.69. The van der Waals surface area contributed by atoms with E-state index in [2.05, 4.69) is 9.97 Å². The summed E-state index contributed by atoms with van der Waals surface area (Å²) >= 11 is 7.38. The van der Waals surface area contributed by atoms with Gasteiger partial charge in [-0.1, -0.05) is 11.6 Å². The minimum Gasteiger partial charge on any atom is -0.294 e. The van der Waals surface area contributed by atoms with Crippen molar-refractivity contribution in [3.8, 4) is 0 Å². The van der Waals surface area contributed by atoms with Crippen LogP contribution in [0.15, 0.2) is 23.8 Å². The minimum atomic E-state index is -0.0262. The Labute approximate surface area is 102 Å². The van der Waals surface area contributed by atoms with E-state index in [1.807, 2.05) is 12.3 Å². The first kappa shape index (κ1) is 11.2. The molecule has 0 radical (unpaired) electrons. The van der Waals surface area contributed by atoms with Crippen molar-refractivity contribution >= 4 is 28.7 Å². The summed E-state index contributed by atoms with van der Waals surface area (Å²) in [5.41, 5.74) is 1.44. The van der Waals surface area contributed by atoms with Crippen LogP contribution in [0.4, 0.5) is 0 Å². The molecule has 0 spiro atoms. The van der Waals surface area contributed by atoms with Gasteiger partial charge in [-0.15, -0.1) is 11.3 Å². The first-order chi connectivity index (χ1) is 7.66. The smallest absolute Gasteiger partial charge is 0.171 e. The number of aryl methyl sites for hydroxylation is 1. The quantitative estimate of drug-likeness (QED) is 0.789. The van der Waals surface area contributed by atoms with Crippen LogP contribution in [0, 0.1) is 6.92 Å². The summed E-state index contributed by atoms with van der Waals surface area (Å²) in [6, 6.07) is 1.63. The number of halogens is 1. The summed E-state index contributed by atoms with van der Waals surface area (Å²) in [6.45, 7) is 1.91. The van der Waals surface area contributed by atoms with Gasteiger partial charge in [-0.2, -0.15) is 0 Å². The topological polar surface area (TPSA) is 42.9 Å². The molecule has 0 aromatic carbocycles. The Hall–Kier alpha value is -1.26. The van der Waals surface area contributed by atoms with Crippen LogP contribution < -0.4 is 0 Å². The molecule has 82 valence electrons. The molecule has 3 nitrogen and oxygen atoms in total. The lowest BCUT2D eigenvalue weighted by atomic mass is 10.1. The Morgan fingerprint density at radius 3 is 3.00 bits per heavy atom. The predicted molar refractivity (Wildman–Crippen MR) is 64.1 cm³/mol. The van der Waals surface area contributed by atoms with Gasteiger partial charge in [-0.25, -0.2) is 4.98 Å². The van der Waals surface area contributed by atoms with E-state index < -0.39 is 0 Å². The number of carbonyl (C=O) groups is 1. The van der Waals surface area contributed by atoms with Crippen molar-refractivity contribution in [2.45, 2.75) is 13.3 Å². The third-order valence-corrected chi connectivity index (χ3v) is 3.32. The number of hydrogen-bond donors (Lipinski definition) is 0. The minimum absolute atomic E-state index is 0.0262. The van der Waals surface area contributed by atoms with Crippen molar-refractivity contribution in [2.24, 2.45) is 0 Å². The van der Waals surface area contributed by atoms with Gasteiger partial charge in [0.2, 0.25) is 0 Å². The molecule has 0 aliphatic carbocycles. The first-order valence-electron chi connectivity index (χ1n) is 4.70. The van der Waals surface area contributed by atoms with Gasteiger partial charge in [-0.05, 0) is 13.0 Å². The van der Waals surface area contributed by atoms with E-state index in [9.17, 15) is 4.79 Å². The fourth-order valence-corrected chi connectivity index (χ4v) is 2.31. The second kappa shape index (κ2) is 4.72. The zero-order valence-corrected chi connectivity index (χ0v) is 10.2. The molecule has 2 heterocycles. The summed E-state index contributed by atoms with van der Waals surface area (Å²) in [5, 5.41) is 3.13. The number of thiazole rings is 1. The Kier molecular flexibility index (Phi) is 3.31. The molecule has 0 amide bonds. The lowest BCUT2D eigenvalue weighted by molar-refractivity contribution is 0.0993. The standard InChI is InChI=1S/C11H9ClN2OS/c1-7-6-16-11(14-7)4-10(15)8-2-3-13-5-9(8)12/h2-3,5-6H,4H2,1H3. The monoisotopic (exact) mass is 252 g/mol. The second-order valence-electron chi connectivity index (χ2n) is 3.34. The van der Waals surface area contributed by atoms with Gasteiger partial charge in [0, 0.05) is 29.0 Å². The van der Waals surface area contributed by atoms with Gasteiger partial charge >= 0.3 is 0 Å². The van der Waals surface area contributed by atoms with Crippen LogP contribution in [0.3, 0.4) is 0 Å². The number of pyridine rings is 1. The van der Waals surface area contributed by atoms with Gasteiger partial charge in [0.15, 0.2) is 5.78 Å². The Morgan fingerprint density at radius 1 is 1.56 bits per heavy atom. The largest absolute Gasteiger partial charge is 0.294 e. The van der Waals surface area contributed by atoms with Gasteiger partial charge in [-0.3, -0.25) is 9.78 Å². The van der Waals surface area contributed by atoms with Crippen molar-refractivity contribution in [2.75, 3.05) is 0 Å². The molecule has 0 unspecified atom stereocenters. The highest BCUT2D eigenvalue weighted by molar-refractivity contribution is 7.09. The zero-order valence-electron chi connectivity index (χ0n) is 8.61. The number of rotatable bonds is 3. The Morgan fingerprint density at radius 2 is 2.38 bits per heavy atom. The summed E-state index contributed by atoms with van der Waals surface area (Å²) in [5.74, 6) is -0.0262. The summed E-state index contributed by atoms with van der Waals surface area (Å²) in [6.07, 6.45) is 3.33. The number of carbonyl (C=O) groups excluding carboxylic acids is 1. The fourth-order valence-electron chi connectivity index (χ4n) is 1.32. The van der Waals surface area contributed by atoms with Crippen molar-refractivity contribution < 1.29 is 4.79 Å². The predicted octanol–water partition coefficient (Wildman–Crippen LogP) is 2.93. The highest BCUT2D eigenvalue weighted by atomic mass is 35.5. The van der Waals surface area contributed by atoms with E-state index in [0.29, 0.717) is 17.0 Å². The van der Waals surface area contributed by atoms with Crippen LogP contribution in [-0.2, 0) is 6.42 Å². The third-order valence-electron chi connectivity index (χ3n) is 2.05. The lowest BCUT2D eigenvalue weighted by Crippen LogP contribution is -2.04. The number of Topliss-reactive ketones (excluding diaryl/α,β-unsaturated/α-hetero) is 1. The van der Waals surface area contributed by atoms with Crippen LogP contribution in [-0.4, -0.2) is 15.8 Å². The third kappa shape index (κ3) is 2.46. The molecule has 0 N–H and O–H groups in total. The van der Waals surface area contributed by atoms with Crippen molar-refractivity contribution in [1.82, 2.24) is 9.97 Å². The molecular weight excluding hydrogens is 244 g/mol. The Balaban J connectivity index is 2.18. The van der Waals surface area contributed by atoms with E-state index in [1.54, 1.807) is 12.3 Å². The van der Waals surface area contributed by atoms with Gasteiger partial charge in [0.1, 0.15) is 5.01 Å². The SMILES string of the molecule is Cc1csc(CC(=O)c2ccncc2Cl)n1. The molecule has 16 heavy (non-hydrogen) atoms. The molecule has 0 aliphatic rings. The van der Waals surface area contributed by atoms with Gasteiger partial charge in [0.25, 0.3) is 0 Å². The van der Waals surface area contributed by atoms with Gasteiger partial charge < -0.3 is 0 Å². The van der Waals surface area contributed by atoms with E-state index in [0.717, 1.165) is 10.7 Å². The van der Waals surface area contributed by atoms with E-state index in [1.165, 1.54) is 17.5 Å². The first-order valence-corrected chi connectivity index (χ1v) is 5.96. The molecule has 0 saturated carbocycles. The normalized spacial score (nSPS) is 10.4.